The molecule has 5 nitrogen and oxygen atoms in total. The Morgan fingerprint density at radius 1 is 0.867 bits per heavy atom. The number of hydrogen-bond donors (Lipinski definition) is 2. The minimum Gasteiger partial charge on any atom is -0.491 e. The first-order chi connectivity index (χ1) is 14.4. The lowest BCUT2D eigenvalue weighted by atomic mass is 10.1. The van der Waals surface area contributed by atoms with Crippen LogP contribution in [0.2, 0.25) is 0 Å². The van der Waals surface area contributed by atoms with Gasteiger partial charge in [-0.2, -0.15) is 0 Å². The van der Waals surface area contributed by atoms with E-state index in [2.05, 4.69) is 10.6 Å². The SMILES string of the molecule is CCC(C)Oc1ccc(C(=O)Nc2cccc(C(=O)Nc3ccc(F)cc3)c2)cc1. The molecule has 3 aromatic carbocycles. The first kappa shape index (κ1) is 21.0. The first-order valence-corrected chi connectivity index (χ1v) is 9.69. The Balaban J connectivity index is 1.64. The van der Waals surface area contributed by atoms with Gasteiger partial charge >= 0.3 is 0 Å². The average Bonchev–Trinajstić information content (AvgIpc) is 2.76. The van der Waals surface area contributed by atoms with E-state index in [-0.39, 0.29) is 23.7 Å². The minimum atomic E-state index is -0.378. The van der Waals surface area contributed by atoms with Crippen LogP contribution in [0.5, 0.6) is 5.75 Å². The van der Waals surface area contributed by atoms with E-state index in [0.29, 0.717) is 28.3 Å². The lowest BCUT2D eigenvalue weighted by Crippen LogP contribution is -2.15. The second-order valence-corrected chi connectivity index (χ2v) is 6.86. The molecular weight excluding hydrogens is 383 g/mol. The van der Waals surface area contributed by atoms with Gasteiger partial charge in [-0.05, 0) is 80.1 Å². The molecule has 0 aliphatic rings. The van der Waals surface area contributed by atoms with E-state index in [1.165, 1.54) is 24.3 Å². The fourth-order valence-electron chi connectivity index (χ4n) is 2.68. The molecule has 0 aromatic heterocycles. The topological polar surface area (TPSA) is 67.4 Å². The van der Waals surface area contributed by atoms with Crippen molar-refractivity contribution in [2.75, 3.05) is 10.6 Å². The van der Waals surface area contributed by atoms with Crippen molar-refractivity contribution in [2.24, 2.45) is 0 Å². The maximum Gasteiger partial charge on any atom is 0.255 e. The van der Waals surface area contributed by atoms with Crippen LogP contribution in [0, 0.1) is 5.82 Å². The van der Waals surface area contributed by atoms with E-state index < -0.39 is 0 Å². The van der Waals surface area contributed by atoms with Gasteiger partial charge in [0.2, 0.25) is 0 Å². The van der Waals surface area contributed by atoms with Gasteiger partial charge in [0.25, 0.3) is 11.8 Å². The number of rotatable bonds is 7. The molecule has 1 atom stereocenters. The average molecular weight is 406 g/mol. The third kappa shape index (κ3) is 5.67. The molecule has 2 N–H and O–H groups in total. The van der Waals surface area contributed by atoms with Crippen LogP contribution in [0.25, 0.3) is 0 Å². The largest absolute Gasteiger partial charge is 0.491 e. The van der Waals surface area contributed by atoms with E-state index in [0.717, 1.165) is 6.42 Å². The predicted octanol–water partition coefficient (Wildman–Crippen LogP) is 5.51. The molecule has 3 aromatic rings. The summed E-state index contributed by atoms with van der Waals surface area (Å²) < 4.78 is 18.7. The Kier molecular flexibility index (Phi) is 6.80. The van der Waals surface area contributed by atoms with Gasteiger partial charge in [-0.25, -0.2) is 4.39 Å². The summed E-state index contributed by atoms with van der Waals surface area (Å²) >= 11 is 0. The number of benzene rings is 3. The highest BCUT2D eigenvalue weighted by atomic mass is 19.1. The van der Waals surface area contributed by atoms with Gasteiger partial charge in [0.05, 0.1) is 6.10 Å². The highest BCUT2D eigenvalue weighted by Gasteiger charge is 2.11. The number of carbonyl (C=O) groups excluding carboxylic acids is 2. The van der Waals surface area contributed by atoms with Crippen LogP contribution >= 0.6 is 0 Å². The zero-order valence-electron chi connectivity index (χ0n) is 16.8. The van der Waals surface area contributed by atoms with Crippen LogP contribution in [-0.4, -0.2) is 17.9 Å². The molecule has 0 fully saturated rings. The van der Waals surface area contributed by atoms with E-state index in [4.69, 9.17) is 4.74 Å². The van der Waals surface area contributed by atoms with Gasteiger partial charge in [0.15, 0.2) is 0 Å². The van der Waals surface area contributed by atoms with E-state index in [9.17, 15) is 14.0 Å². The van der Waals surface area contributed by atoms with Gasteiger partial charge in [0.1, 0.15) is 11.6 Å². The first-order valence-electron chi connectivity index (χ1n) is 9.69. The summed E-state index contributed by atoms with van der Waals surface area (Å²) in [7, 11) is 0. The van der Waals surface area contributed by atoms with Gasteiger partial charge in [-0.15, -0.1) is 0 Å². The third-order valence-electron chi connectivity index (χ3n) is 4.51. The number of anilines is 2. The van der Waals surface area contributed by atoms with Crippen LogP contribution in [0.4, 0.5) is 15.8 Å². The van der Waals surface area contributed by atoms with Gasteiger partial charge < -0.3 is 15.4 Å². The van der Waals surface area contributed by atoms with Gasteiger partial charge in [0, 0.05) is 22.5 Å². The van der Waals surface area contributed by atoms with Crippen LogP contribution in [0.1, 0.15) is 41.0 Å². The molecule has 1 unspecified atom stereocenters. The van der Waals surface area contributed by atoms with Crippen LogP contribution < -0.4 is 15.4 Å². The molecule has 154 valence electrons. The highest BCUT2D eigenvalue weighted by Crippen LogP contribution is 2.18. The Hall–Kier alpha value is -3.67. The molecule has 0 heterocycles. The van der Waals surface area contributed by atoms with E-state index in [1.807, 2.05) is 13.8 Å². The molecule has 0 saturated carbocycles. The fraction of sp³-hybridized carbons (Fsp3) is 0.167. The van der Waals surface area contributed by atoms with E-state index in [1.54, 1.807) is 48.5 Å². The number of hydrogen-bond acceptors (Lipinski definition) is 3. The van der Waals surface area contributed by atoms with Gasteiger partial charge in [-0.3, -0.25) is 9.59 Å². The smallest absolute Gasteiger partial charge is 0.255 e. The normalized spacial score (nSPS) is 11.4. The lowest BCUT2D eigenvalue weighted by molar-refractivity contribution is 0.101. The number of amides is 2. The number of ether oxygens (including phenoxy) is 1. The number of nitrogens with one attached hydrogen (secondary N) is 2. The Morgan fingerprint density at radius 3 is 2.17 bits per heavy atom. The zero-order valence-corrected chi connectivity index (χ0v) is 16.8. The van der Waals surface area contributed by atoms with Gasteiger partial charge in [-0.1, -0.05) is 13.0 Å². The predicted molar refractivity (Wildman–Crippen MR) is 116 cm³/mol. The monoisotopic (exact) mass is 406 g/mol. The van der Waals surface area contributed by atoms with Crippen LogP contribution in [0.15, 0.2) is 72.8 Å². The van der Waals surface area contributed by atoms with Crippen molar-refractivity contribution < 1.29 is 18.7 Å². The Bertz CT molecular complexity index is 1020. The van der Waals surface area contributed by atoms with Crippen molar-refractivity contribution in [3.63, 3.8) is 0 Å². The summed E-state index contributed by atoms with van der Waals surface area (Å²) in [5, 5.41) is 5.48. The highest BCUT2D eigenvalue weighted by molar-refractivity contribution is 6.07. The summed E-state index contributed by atoms with van der Waals surface area (Å²) in [6.07, 6.45) is 1.00. The second-order valence-electron chi connectivity index (χ2n) is 6.86. The fourth-order valence-corrected chi connectivity index (χ4v) is 2.68. The van der Waals surface area contributed by atoms with Crippen molar-refractivity contribution in [1.29, 1.82) is 0 Å². The molecule has 3 rings (SSSR count). The molecule has 6 heteroatoms. The molecule has 0 spiro atoms. The summed E-state index contributed by atoms with van der Waals surface area (Å²) in [4.78, 5) is 24.9. The summed E-state index contributed by atoms with van der Waals surface area (Å²) in [6.45, 7) is 4.03. The molecule has 0 saturated heterocycles. The van der Waals surface area contributed by atoms with Crippen LogP contribution in [0.3, 0.4) is 0 Å². The van der Waals surface area contributed by atoms with Crippen molar-refractivity contribution in [3.05, 3.63) is 89.7 Å². The van der Waals surface area contributed by atoms with Crippen molar-refractivity contribution in [3.8, 4) is 5.75 Å². The maximum atomic E-state index is 13.0. The lowest BCUT2D eigenvalue weighted by Gasteiger charge is -2.13. The van der Waals surface area contributed by atoms with E-state index >= 15 is 0 Å². The zero-order chi connectivity index (χ0) is 21.5. The molecular formula is C24H23FN2O3. The standard InChI is InChI=1S/C24H23FN2O3/c1-3-16(2)30-22-13-7-17(8-14-22)23(28)27-21-6-4-5-18(15-21)24(29)26-20-11-9-19(25)10-12-20/h4-16H,3H2,1-2H3,(H,26,29)(H,27,28). The van der Waals surface area contributed by atoms with Crippen molar-refractivity contribution in [2.45, 2.75) is 26.4 Å². The minimum absolute atomic E-state index is 0.105. The molecule has 0 aliphatic carbocycles. The number of carbonyl (C=O) groups is 2. The van der Waals surface area contributed by atoms with Crippen molar-refractivity contribution in [1.82, 2.24) is 0 Å². The van der Waals surface area contributed by atoms with Crippen molar-refractivity contribution >= 4 is 23.2 Å². The molecule has 0 aliphatic heterocycles. The summed E-state index contributed by atoms with van der Waals surface area (Å²) in [6, 6.07) is 19.0. The summed E-state index contributed by atoms with van der Waals surface area (Å²) in [5.41, 5.74) is 1.82. The quantitative estimate of drug-likeness (QED) is 0.544. The summed E-state index contributed by atoms with van der Waals surface area (Å²) in [5.74, 6) is -0.317. The van der Waals surface area contributed by atoms with Crippen LogP contribution in [-0.2, 0) is 0 Å². The maximum absolute atomic E-state index is 13.0. The number of halogens is 1. The molecule has 30 heavy (non-hydrogen) atoms. The second kappa shape index (κ2) is 9.69. The Labute approximate surface area is 174 Å². The third-order valence-corrected chi connectivity index (χ3v) is 4.51. The Morgan fingerprint density at radius 2 is 1.50 bits per heavy atom. The molecule has 2 amide bonds. The molecule has 0 radical (unpaired) electrons. The molecule has 0 bridgehead atoms.